The summed E-state index contributed by atoms with van der Waals surface area (Å²) in [5, 5.41) is 5.11. The summed E-state index contributed by atoms with van der Waals surface area (Å²) in [4.78, 5) is 46.9. The molecule has 0 aromatic heterocycles. The molecule has 1 rings (SSSR count). The van der Waals surface area contributed by atoms with Gasteiger partial charge in [-0.2, -0.15) is 0 Å². The summed E-state index contributed by atoms with van der Waals surface area (Å²) in [6.45, 7) is 2.94. The summed E-state index contributed by atoms with van der Waals surface area (Å²) in [6.07, 6.45) is 0.0382. The van der Waals surface area contributed by atoms with Crippen molar-refractivity contribution in [3.05, 3.63) is 29.8 Å². The van der Waals surface area contributed by atoms with Crippen LogP contribution in [0.3, 0.4) is 0 Å². The molecule has 8 nitrogen and oxygen atoms in total. The fourth-order valence-electron chi connectivity index (χ4n) is 2.19. The Hall–Kier alpha value is -2.90. The molecule has 0 saturated carbocycles. The molecule has 2 N–H and O–H groups in total. The van der Waals surface area contributed by atoms with E-state index in [9.17, 15) is 19.2 Å². The maximum absolute atomic E-state index is 12.4. The molecule has 0 fully saturated rings. The van der Waals surface area contributed by atoms with Crippen LogP contribution in [-0.4, -0.2) is 44.0 Å². The van der Waals surface area contributed by atoms with Crippen molar-refractivity contribution in [3.63, 3.8) is 0 Å². The zero-order valence-electron chi connectivity index (χ0n) is 14.6. The van der Waals surface area contributed by atoms with Gasteiger partial charge in [0.1, 0.15) is 6.04 Å². The van der Waals surface area contributed by atoms with Crippen molar-refractivity contribution in [1.29, 1.82) is 0 Å². The zero-order chi connectivity index (χ0) is 19.0. The molecule has 0 heterocycles. The largest absolute Gasteiger partial charge is 0.469 e. The van der Waals surface area contributed by atoms with Gasteiger partial charge in [0.15, 0.2) is 0 Å². The van der Waals surface area contributed by atoms with Crippen LogP contribution in [0.4, 0.5) is 5.69 Å². The first-order valence-electron chi connectivity index (χ1n) is 7.62. The normalized spacial score (nSPS) is 12.5. The molecule has 136 valence electrons. The van der Waals surface area contributed by atoms with E-state index in [2.05, 4.69) is 20.1 Å². The number of carbonyl (C=O) groups is 4. The minimum absolute atomic E-state index is 0.0382. The van der Waals surface area contributed by atoms with Gasteiger partial charge in [-0.05, 0) is 24.6 Å². The smallest absolute Gasteiger partial charge is 0.328 e. The molecule has 2 amide bonds. The van der Waals surface area contributed by atoms with Crippen LogP contribution < -0.4 is 10.6 Å². The van der Waals surface area contributed by atoms with Crippen molar-refractivity contribution in [2.24, 2.45) is 5.92 Å². The van der Waals surface area contributed by atoms with Gasteiger partial charge in [-0.25, -0.2) is 4.79 Å². The van der Waals surface area contributed by atoms with Crippen LogP contribution in [-0.2, 0) is 23.9 Å². The molecule has 25 heavy (non-hydrogen) atoms. The lowest BCUT2D eigenvalue weighted by Crippen LogP contribution is -2.43. The Labute approximate surface area is 145 Å². The quantitative estimate of drug-likeness (QED) is 0.713. The Balaban J connectivity index is 2.89. The molecule has 0 saturated heterocycles. The van der Waals surface area contributed by atoms with Gasteiger partial charge in [0.2, 0.25) is 5.91 Å². The van der Waals surface area contributed by atoms with Crippen molar-refractivity contribution in [2.75, 3.05) is 19.5 Å². The predicted molar refractivity (Wildman–Crippen MR) is 89.8 cm³/mol. The van der Waals surface area contributed by atoms with Crippen LogP contribution in [0.1, 0.15) is 30.6 Å². The second kappa shape index (κ2) is 9.41. The number of hydrogen-bond donors (Lipinski definition) is 2. The molecule has 0 aliphatic carbocycles. The lowest BCUT2D eigenvalue weighted by atomic mass is 10.0. The summed E-state index contributed by atoms with van der Waals surface area (Å²) >= 11 is 0. The Morgan fingerprint density at radius 1 is 1.08 bits per heavy atom. The molecule has 0 aliphatic heterocycles. The number of ether oxygens (including phenoxy) is 2. The van der Waals surface area contributed by atoms with Crippen LogP contribution >= 0.6 is 0 Å². The number of amides is 2. The average Bonchev–Trinajstić information content (AvgIpc) is 2.59. The molecule has 2 atom stereocenters. The van der Waals surface area contributed by atoms with E-state index in [1.165, 1.54) is 27.2 Å². The molecular weight excluding hydrogens is 328 g/mol. The second-order valence-corrected chi connectivity index (χ2v) is 5.47. The number of hydrogen-bond acceptors (Lipinski definition) is 6. The Kier molecular flexibility index (Phi) is 7.58. The highest BCUT2D eigenvalue weighted by Crippen LogP contribution is 2.13. The van der Waals surface area contributed by atoms with Crippen LogP contribution in [0.25, 0.3) is 0 Å². The SMILES string of the molecule is COC(=O)[C@@H](C)C[C@@H](NC(=O)c1cccc(NC(C)=O)c1)C(=O)OC. The van der Waals surface area contributed by atoms with Gasteiger partial charge in [0, 0.05) is 18.2 Å². The highest BCUT2D eigenvalue weighted by atomic mass is 16.5. The molecule has 1 aromatic carbocycles. The first-order valence-corrected chi connectivity index (χ1v) is 7.62. The number of benzene rings is 1. The third kappa shape index (κ3) is 6.25. The van der Waals surface area contributed by atoms with Gasteiger partial charge in [0.25, 0.3) is 5.91 Å². The predicted octanol–water partition coefficient (Wildman–Crippen LogP) is 1.12. The molecule has 1 aromatic rings. The fraction of sp³-hybridized carbons (Fsp3) is 0.412. The van der Waals surface area contributed by atoms with E-state index in [1.54, 1.807) is 25.1 Å². The minimum Gasteiger partial charge on any atom is -0.469 e. The monoisotopic (exact) mass is 350 g/mol. The maximum atomic E-state index is 12.4. The number of carbonyl (C=O) groups excluding carboxylic acids is 4. The number of anilines is 1. The van der Waals surface area contributed by atoms with Crippen molar-refractivity contribution in [3.8, 4) is 0 Å². The van der Waals surface area contributed by atoms with Gasteiger partial charge < -0.3 is 20.1 Å². The summed E-state index contributed by atoms with van der Waals surface area (Å²) in [6, 6.07) is 5.25. The molecule has 0 radical (unpaired) electrons. The summed E-state index contributed by atoms with van der Waals surface area (Å²) in [5.74, 6) is -2.55. The van der Waals surface area contributed by atoms with Crippen molar-refractivity contribution in [1.82, 2.24) is 5.32 Å². The average molecular weight is 350 g/mol. The van der Waals surface area contributed by atoms with E-state index in [-0.39, 0.29) is 17.9 Å². The first kappa shape index (κ1) is 20.1. The van der Waals surface area contributed by atoms with Gasteiger partial charge >= 0.3 is 11.9 Å². The summed E-state index contributed by atoms with van der Waals surface area (Å²) < 4.78 is 9.30. The minimum atomic E-state index is -1.00. The maximum Gasteiger partial charge on any atom is 0.328 e. The van der Waals surface area contributed by atoms with Crippen LogP contribution in [0.2, 0.25) is 0 Å². The lowest BCUT2D eigenvalue weighted by molar-refractivity contribution is -0.147. The molecular formula is C17H22N2O6. The molecule has 8 heteroatoms. The summed E-state index contributed by atoms with van der Waals surface area (Å²) in [5.41, 5.74) is 0.712. The number of nitrogens with one attached hydrogen (secondary N) is 2. The topological polar surface area (TPSA) is 111 Å². The van der Waals surface area contributed by atoms with E-state index in [1.807, 2.05) is 0 Å². The molecule has 0 bridgehead atoms. The van der Waals surface area contributed by atoms with E-state index in [0.29, 0.717) is 5.69 Å². The first-order chi connectivity index (χ1) is 11.8. The Morgan fingerprint density at radius 3 is 2.28 bits per heavy atom. The highest BCUT2D eigenvalue weighted by Gasteiger charge is 2.27. The number of esters is 2. The number of methoxy groups -OCH3 is 2. The molecule has 0 aliphatic rings. The van der Waals surface area contributed by atoms with Crippen LogP contribution in [0, 0.1) is 5.92 Å². The van der Waals surface area contributed by atoms with Gasteiger partial charge in [-0.15, -0.1) is 0 Å². The Bertz CT molecular complexity index is 658. The van der Waals surface area contributed by atoms with Crippen LogP contribution in [0.15, 0.2) is 24.3 Å². The van der Waals surface area contributed by atoms with Crippen molar-refractivity contribution in [2.45, 2.75) is 26.3 Å². The lowest BCUT2D eigenvalue weighted by Gasteiger charge is -2.19. The van der Waals surface area contributed by atoms with Gasteiger partial charge in [-0.3, -0.25) is 14.4 Å². The second-order valence-electron chi connectivity index (χ2n) is 5.47. The molecule has 0 spiro atoms. The van der Waals surface area contributed by atoms with Crippen LogP contribution in [0.5, 0.6) is 0 Å². The fourth-order valence-corrected chi connectivity index (χ4v) is 2.19. The van der Waals surface area contributed by atoms with E-state index >= 15 is 0 Å². The van der Waals surface area contributed by atoms with E-state index < -0.39 is 29.8 Å². The van der Waals surface area contributed by atoms with Gasteiger partial charge in [0.05, 0.1) is 20.1 Å². The highest BCUT2D eigenvalue weighted by molar-refractivity contribution is 5.98. The number of rotatable bonds is 7. The third-order valence-corrected chi connectivity index (χ3v) is 3.43. The molecule has 0 unspecified atom stereocenters. The Morgan fingerprint density at radius 2 is 1.72 bits per heavy atom. The van der Waals surface area contributed by atoms with E-state index in [4.69, 9.17) is 0 Å². The zero-order valence-corrected chi connectivity index (χ0v) is 14.6. The standard InChI is InChI=1S/C17H22N2O6/c1-10(16(22)24-3)8-14(17(23)25-4)19-15(21)12-6-5-7-13(9-12)18-11(2)20/h5-7,9-10,14H,8H2,1-4H3,(H,18,20)(H,19,21)/t10-,14+/m0/s1. The van der Waals surface area contributed by atoms with Crippen molar-refractivity contribution >= 4 is 29.4 Å². The third-order valence-electron chi connectivity index (χ3n) is 3.43. The van der Waals surface area contributed by atoms with Crippen molar-refractivity contribution < 1.29 is 28.7 Å². The van der Waals surface area contributed by atoms with E-state index in [0.717, 1.165) is 0 Å². The van der Waals surface area contributed by atoms with Gasteiger partial charge in [-0.1, -0.05) is 13.0 Å². The summed E-state index contributed by atoms with van der Waals surface area (Å²) in [7, 11) is 2.44.